The molecule has 1 atom stereocenters. The molecule has 1 aromatic heterocycles. The lowest BCUT2D eigenvalue weighted by Crippen LogP contribution is -2.34. The number of nitrogens with one attached hydrogen (secondary N) is 1. The van der Waals surface area contributed by atoms with Crippen LogP contribution in [0.5, 0.6) is 0 Å². The first kappa shape index (κ1) is 18.9. The summed E-state index contributed by atoms with van der Waals surface area (Å²) < 4.78 is 33.6. The molecule has 0 spiro atoms. The molecule has 25 heavy (non-hydrogen) atoms. The third kappa shape index (κ3) is 5.28. The summed E-state index contributed by atoms with van der Waals surface area (Å²) in [6.07, 6.45) is 0.527. The lowest BCUT2D eigenvalue weighted by Gasteiger charge is -2.20. The highest BCUT2D eigenvalue weighted by Crippen LogP contribution is 2.22. The van der Waals surface area contributed by atoms with Crippen LogP contribution in [0.25, 0.3) is 11.4 Å². The van der Waals surface area contributed by atoms with Crippen molar-refractivity contribution in [3.8, 4) is 11.4 Å². The summed E-state index contributed by atoms with van der Waals surface area (Å²) >= 11 is 0. The molecule has 0 radical (unpaired) electrons. The van der Waals surface area contributed by atoms with Crippen molar-refractivity contribution in [2.75, 3.05) is 6.26 Å². The molecule has 136 valence electrons. The van der Waals surface area contributed by atoms with E-state index in [4.69, 9.17) is 9.26 Å². The lowest BCUT2D eigenvalue weighted by molar-refractivity contribution is 0.0499. The van der Waals surface area contributed by atoms with Crippen molar-refractivity contribution in [2.24, 2.45) is 0 Å². The molecule has 0 aliphatic rings. The van der Waals surface area contributed by atoms with Gasteiger partial charge in [0.25, 0.3) is 0 Å². The van der Waals surface area contributed by atoms with Crippen molar-refractivity contribution in [2.45, 2.75) is 44.2 Å². The van der Waals surface area contributed by atoms with E-state index in [1.807, 2.05) is 0 Å². The number of carbonyl (C=O) groups is 1. The Bertz CT molecular complexity index is 868. The Morgan fingerprint density at radius 1 is 1.32 bits per heavy atom. The van der Waals surface area contributed by atoms with E-state index >= 15 is 0 Å². The van der Waals surface area contributed by atoms with Gasteiger partial charge in [-0.3, -0.25) is 0 Å². The maximum Gasteiger partial charge on any atom is 0.408 e. The molecule has 8 nitrogen and oxygen atoms in total. The summed E-state index contributed by atoms with van der Waals surface area (Å²) in [5, 5.41) is 6.44. The normalized spacial score (nSPS) is 13.3. The number of alkyl carbamates (subject to hydrolysis) is 1. The van der Waals surface area contributed by atoms with Gasteiger partial charge >= 0.3 is 6.09 Å². The highest BCUT2D eigenvalue weighted by molar-refractivity contribution is 7.90. The minimum atomic E-state index is -3.34. The molecule has 0 aliphatic carbocycles. The maximum absolute atomic E-state index is 11.8. The molecular weight excluding hydrogens is 346 g/mol. The number of carbonyl (C=O) groups excluding carboxylic acids is 1. The van der Waals surface area contributed by atoms with Crippen LogP contribution in [0, 0.1) is 0 Å². The van der Waals surface area contributed by atoms with Crippen LogP contribution in [-0.2, 0) is 14.6 Å². The van der Waals surface area contributed by atoms with E-state index in [0.717, 1.165) is 6.26 Å². The van der Waals surface area contributed by atoms with Gasteiger partial charge in [0.1, 0.15) is 11.6 Å². The number of benzene rings is 1. The van der Waals surface area contributed by atoms with E-state index in [-0.39, 0.29) is 16.6 Å². The SMILES string of the molecule is CC(NC(=O)OC(C)(C)C)c1nc(-c2cccc(S(C)(=O)=O)c2)no1. The second-order valence-electron chi connectivity index (χ2n) is 6.62. The topological polar surface area (TPSA) is 111 Å². The number of ether oxygens (including phenoxy) is 1. The van der Waals surface area contributed by atoms with Crippen LogP contribution < -0.4 is 5.32 Å². The lowest BCUT2D eigenvalue weighted by atomic mass is 10.2. The molecule has 1 unspecified atom stereocenters. The van der Waals surface area contributed by atoms with Crippen LogP contribution in [0.2, 0.25) is 0 Å². The standard InChI is InChI=1S/C16H21N3O5S/c1-10(17-15(20)23-16(2,3)4)14-18-13(19-24-14)11-7-6-8-12(9-11)25(5,21)22/h6-10H,1-5H3,(H,17,20). The summed E-state index contributed by atoms with van der Waals surface area (Å²) in [6, 6.07) is 5.68. The minimum Gasteiger partial charge on any atom is -0.444 e. The van der Waals surface area contributed by atoms with Gasteiger partial charge in [-0.05, 0) is 39.8 Å². The summed E-state index contributed by atoms with van der Waals surface area (Å²) in [6.45, 7) is 6.96. The van der Waals surface area contributed by atoms with Gasteiger partial charge < -0.3 is 14.6 Å². The zero-order valence-corrected chi connectivity index (χ0v) is 15.5. The zero-order chi connectivity index (χ0) is 18.8. The molecule has 2 rings (SSSR count). The van der Waals surface area contributed by atoms with E-state index in [1.54, 1.807) is 39.8 Å². The largest absolute Gasteiger partial charge is 0.444 e. The average molecular weight is 367 g/mol. The van der Waals surface area contributed by atoms with Crippen LogP contribution in [0.15, 0.2) is 33.7 Å². The Morgan fingerprint density at radius 3 is 2.60 bits per heavy atom. The van der Waals surface area contributed by atoms with Crippen LogP contribution in [-0.4, -0.2) is 36.5 Å². The number of sulfone groups is 1. The molecular formula is C16H21N3O5S. The van der Waals surface area contributed by atoms with Crippen molar-refractivity contribution in [3.05, 3.63) is 30.2 Å². The molecule has 1 N–H and O–H groups in total. The second-order valence-corrected chi connectivity index (χ2v) is 8.64. The van der Waals surface area contributed by atoms with Gasteiger partial charge in [-0.1, -0.05) is 17.3 Å². The van der Waals surface area contributed by atoms with Crippen molar-refractivity contribution in [1.82, 2.24) is 15.5 Å². The minimum absolute atomic E-state index is 0.163. The van der Waals surface area contributed by atoms with Crippen LogP contribution in [0.4, 0.5) is 4.79 Å². The van der Waals surface area contributed by atoms with Crippen LogP contribution in [0.3, 0.4) is 0 Å². The number of nitrogens with zero attached hydrogens (tertiary/aromatic N) is 2. The van der Waals surface area contributed by atoms with Crippen molar-refractivity contribution >= 4 is 15.9 Å². The molecule has 1 heterocycles. The van der Waals surface area contributed by atoms with Crippen molar-refractivity contribution in [3.63, 3.8) is 0 Å². The molecule has 1 amide bonds. The number of amides is 1. The van der Waals surface area contributed by atoms with Gasteiger partial charge in [0.05, 0.1) is 4.90 Å². The van der Waals surface area contributed by atoms with E-state index in [1.165, 1.54) is 12.1 Å². The first-order valence-corrected chi connectivity index (χ1v) is 9.48. The summed E-state index contributed by atoms with van der Waals surface area (Å²) in [5.41, 5.74) is -0.113. The molecule has 0 fully saturated rings. The molecule has 0 saturated carbocycles. The Morgan fingerprint density at radius 2 is 2.00 bits per heavy atom. The maximum atomic E-state index is 11.8. The average Bonchev–Trinajstić information content (AvgIpc) is 2.94. The predicted molar refractivity (Wildman–Crippen MR) is 90.6 cm³/mol. The number of hydrogen-bond donors (Lipinski definition) is 1. The zero-order valence-electron chi connectivity index (χ0n) is 14.7. The van der Waals surface area contributed by atoms with Gasteiger partial charge in [-0.25, -0.2) is 13.2 Å². The van der Waals surface area contributed by atoms with E-state index in [9.17, 15) is 13.2 Å². The van der Waals surface area contributed by atoms with E-state index in [0.29, 0.717) is 5.56 Å². The first-order valence-electron chi connectivity index (χ1n) is 7.59. The molecule has 2 aromatic rings. The molecule has 0 saturated heterocycles. The number of hydrogen-bond acceptors (Lipinski definition) is 7. The fraction of sp³-hybridized carbons (Fsp3) is 0.438. The quantitative estimate of drug-likeness (QED) is 0.884. The predicted octanol–water partition coefficient (Wildman–Crippen LogP) is 2.73. The van der Waals surface area contributed by atoms with Crippen molar-refractivity contribution < 1.29 is 22.5 Å². The molecule has 9 heteroatoms. The number of aromatic nitrogens is 2. The number of rotatable bonds is 4. The third-order valence-corrected chi connectivity index (χ3v) is 4.18. The van der Waals surface area contributed by atoms with Gasteiger partial charge in [0, 0.05) is 11.8 Å². The fourth-order valence-corrected chi connectivity index (χ4v) is 2.61. The third-order valence-electron chi connectivity index (χ3n) is 3.07. The molecule has 1 aromatic carbocycles. The Balaban J connectivity index is 2.16. The van der Waals surface area contributed by atoms with Crippen molar-refractivity contribution in [1.29, 1.82) is 0 Å². The highest BCUT2D eigenvalue weighted by Gasteiger charge is 2.22. The van der Waals surface area contributed by atoms with Gasteiger partial charge in [0.15, 0.2) is 9.84 Å². The summed E-state index contributed by atoms with van der Waals surface area (Å²) in [7, 11) is -3.34. The smallest absolute Gasteiger partial charge is 0.408 e. The fourth-order valence-electron chi connectivity index (χ4n) is 1.94. The van der Waals surface area contributed by atoms with Crippen LogP contribution >= 0.6 is 0 Å². The Kier molecular flexibility index (Phi) is 5.17. The summed E-state index contributed by atoms with van der Waals surface area (Å²) in [5.74, 6) is 0.420. The van der Waals surface area contributed by atoms with E-state index in [2.05, 4.69) is 15.5 Å². The Hall–Kier alpha value is -2.42. The Labute approximate surface area is 146 Å². The first-order chi connectivity index (χ1) is 11.5. The molecule has 0 aliphatic heterocycles. The highest BCUT2D eigenvalue weighted by atomic mass is 32.2. The van der Waals surface area contributed by atoms with Gasteiger partial charge in [-0.2, -0.15) is 4.98 Å². The van der Waals surface area contributed by atoms with E-state index < -0.39 is 27.6 Å². The van der Waals surface area contributed by atoms with Crippen LogP contribution in [0.1, 0.15) is 39.6 Å². The second kappa shape index (κ2) is 6.83. The molecule has 0 bridgehead atoms. The van der Waals surface area contributed by atoms with Gasteiger partial charge in [0.2, 0.25) is 11.7 Å². The van der Waals surface area contributed by atoms with Gasteiger partial charge in [-0.15, -0.1) is 0 Å². The monoisotopic (exact) mass is 367 g/mol. The summed E-state index contributed by atoms with van der Waals surface area (Å²) in [4.78, 5) is 16.2.